The molecule has 33 heavy (non-hydrogen) atoms. The van der Waals surface area contributed by atoms with E-state index in [0.29, 0.717) is 55.9 Å². The zero-order valence-electron chi connectivity index (χ0n) is 18.2. The van der Waals surface area contributed by atoms with Gasteiger partial charge in [0.2, 0.25) is 5.91 Å². The summed E-state index contributed by atoms with van der Waals surface area (Å²) in [5.74, 6) is -0.495. The predicted molar refractivity (Wildman–Crippen MR) is 121 cm³/mol. The fourth-order valence-corrected chi connectivity index (χ4v) is 4.64. The summed E-state index contributed by atoms with van der Waals surface area (Å²) in [6.07, 6.45) is 2.04. The molecule has 0 saturated carbocycles. The molecule has 3 amide bonds. The Hall–Kier alpha value is -3.49. The smallest absolute Gasteiger partial charge is 0.324 e. The topological polar surface area (TPSA) is 61.7 Å². The zero-order chi connectivity index (χ0) is 22.9. The number of likely N-dealkylation sites (tertiary alicyclic amines) is 1. The molecule has 2 aliphatic rings. The number of rotatable bonds is 5. The van der Waals surface area contributed by atoms with Crippen molar-refractivity contribution in [1.82, 2.24) is 19.6 Å². The van der Waals surface area contributed by atoms with E-state index >= 15 is 0 Å². The Kier molecular flexibility index (Phi) is 5.70. The Bertz CT molecular complexity index is 1200. The minimum absolute atomic E-state index is 0.114. The van der Waals surface area contributed by atoms with Crippen molar-refractivity contribution in [2.24, 2.45) is 0 Å². The second-order valence-corrected chi connectivity index (χ2v) is 8.47. The molecule has 3 aromatic rings. The van der Waals surface area contributed by atoms with E-state index in [-0.39, 0.29) is 30.7 Å². The highest BCUT2D eigenvalue weighted by Crippen LogP contribution is 2.31. The number of carbonyl (C=O) groups is 2. The third-order valence-corrected chi connectivity index (χ3v) is 6.37. The molecule has 2 aliphatic heterocycles. The number of para-hydroxylation sites is 1. The number of alkyl halides is 1. The summed E-state index contributed by atoms with van der Waals surface area (Å²) >= 11 is 0. The molecule has 2 fully saturated rings. The van der Waals surface area contributed by atoms with Crippen LogP contribution in [-0.4, -0.2) is 70.4 Å². The van der Waals surface area contributed by atoms with Crippen molar-refractivity contribution in [2.75, 3.05) is 37.6 Å². The van der Waals surface area contributed by atoms with E-state index in [1.54, 1.807) is 39.1 Å². The third-order valence-electron chi connectivity index (χ3n) is 6.37. The van der Waals surface area contributed by atoms with E-state index in [2.05, 4.69) is 5.10 Å². The second-order valence-electron chi connectivity index (χ2n) is 8.47. The first kappa shape index (κ1) is 21.4. The van der Waals surface area contributed by atoms with E-state index in [0.717, 1.165) is 5.39 Å². The van der Waals surface area contributed by atoms with Gasteiger partial charge in [0.05, 0.1) is 23.9 Å². The normalized spacial score (nSPS) is 19.0. The van der Waals surface area contributed by atoms with Gasteiger partial charge in [0, 0.05) is 38.0 Å². The molecular weight excluding hydrogens is 428 g/mol. The molecule has 0 bridgehead atoms. The lowest BCUT2D eigenvalue weighted by atomic mass is 10.1. The number of carbonyl (C=O) groups excluding carboxylic acids is 2. The van der Waals surface area contributed by atoms with E-state index in [9.17, 15) is 18.4 Å². The van der Waals surface area contributed by atoms with Crippen molar-refractivity contribution < 1.29 is 18.4 Å². The number of hydrogen-bond acceptors (Lipinski definition) is 3. The van der Waals surface area contributed by atoms with Crippen molar-refractivity contribution in [3.8, 4) is 5.69 Å². The maximum absolute atomic E-state index is 14.3. The minimum Gasteiger partial charge on any atom is -0.340 e. The average Bonchev–Trinajstić information content (AvgIpc) is 3.41. The molecule has 0 spiro atoms. The molecule has 5 rings (SSSR count). The van der Waals surface area contributed by atoms with Gasteiger partial charge in [0.25, 0.3) is 0 Å². The van der Waals surface area contributed by atoms with Crippen LogP contribution in [-0.2, 0) is 4.79 Å². The Morgan fingerprint density at radius 2 is 1.88 bits per heavy atom. The number of fused-ring (bicyclic) bond motifs is 1. The van der Waals surface area contributed by atoms with E-state index in [1.807, 2.05) is 18.2 Å². The van der Waals surface area contributed by atoms with Crippen LogP contribution in [0, 0.1) is 5.82 Å². The number of amides is 3. The lowest BCUT2D eigenvalue weighted by Crippen LogP contribution is -2.42. The number of aromatic nitrogens is 2. The monoisotopic (exact) mass is 453 g/mol. The van der Waals surface area contributed by atoms with Gasteiger partial charge in [-0.3, -0.25) is 9.69 Å². The molecule has 0 N–H and O–H groups in total. The maximum Gasteiger partial charge on any atom is 0.324 e. The van der Waals surface area contributed by atoms with Crippen LogP contribution in [0.5, 0.6) is 0 Å². The minimum atomic E-state index is -0.961. The molecule has 9 heteroatoms. The zero-order valence-corrected chi connectivity index (χ0v) is 18.2. The van der Waals surface area contributed by atoms with E-state index < -0.39 is 6.17 Å². The van der Waals surface area contributed by atoms with Gasteiger partial charge in [-0.05, 0) is 37.1 Å². The van der Waals surface area contributed by atoms with Gasteiger partial charge in [-0.15, -0.1) is 0 Å². The molecule has 7 nitrogen and oxygen atoms in total. The van der Waals surface area contributed by atoms with Gasteiger partial charge in [0.15, 0.2) is 0 Å². The average molecular weight is 453 g/mol. The summed E-state index contributed by atoms with van der Waals surface area (Å²) in [4.78, 5) is 30.4. The van der Waals surface area contributed by atoms with Crippen molar-refractivity contribution in [1.29, 1.82) is 0 Å². The van der Waals surface area contributed by atoms with E-state index in [1.165, 1.54) is 10.7 Å². The maximum atomic E-state index is 14.3. The largest absolute Gasteiger partial charge is 0.340 e. The first-order valence-electron chi connectivity index (χ1n) is 11.2. The summed E-state index contributed by atoms with van der Waals surface area (Å²) in [5.41, 5.74) is 1.74. The molecule has 3 heterocycles. The predicted octanol–water partition coefficient (Wildman–Crippen LogP) is 3.76. The highest BCUT2D eigenvalue weighted by atomic mass is 19.1. The number of nitrogens with zero attached hydrogens (tertiary/aromatic N) is 5. The SMILES string of the molecule is O=C(CCN1CCN(c2cccc3c2cnn3-c2ccccc2F)C1=O)N1CCC[C@H](F)C1. The number of benzene rings is 2. The number of urea groups is 1. The van der Waals surface area contributed by atoms with Crippen molar-refractivity contribution in [3.63, 3.8) is 0 Å². The fraction of sp³-hybridized carbons (Fsp3) is 0.375. The van der Waals surface area contributed by atoms with Gasteiger partial charge in [0.1, 0.15) is 17.7 Å². The molecule has 0 aliphatic carbocycles. The van der Waals surface area contributed by atoms with Crippen molar-refractivity contribution in [3.05, 3.63) is 54.5 Å². The quantitative estimate of drug-likeness (QED) is 0.591. The van der Waals surface area contributed by atoms with Gasteiger partial charge in [-0.1, -0.05) is 18.2 Å². The van der Waals surface area contributed by atoms with Crippen molar-refractivity contribution in [2.45, 2.75) is 25.4 Å². The molecule has 172 valence electrons. The number of piperidine rings is 1. The van der Waals surface area contributed by atoms with Crippen LogP contribution in [0.25, 0.3) is 16.6 Å². The van der Waals surface area contributed by atoms with Gasteiger partial charge in [-0.2, -0.15) is 5.10 Å². The van der Waals surface area contributed by atoms with Gasteiger partial charge in [-0.25, -0.2) is 18.3 Å². The summed E-state index contributed by atoms with van der Waals surface area (Å²) < 4.78 is 29.5. The molecule has 2 aromatic carbocycles. The summed E-state index contributed by atoms with van der Waals surface area (Å²) in [6.45, 7) is 2.00. The van der Waals surface area contributed by atoms with Crippen LogP contribution in [0.3, 0.4) is 0 Å². The Balaban J connectivity index is 1.31. The molecule has 1 aromatic heterocycles. The lowest BCUT2D eigenvalue weighted by molar-refractivity contribution is -0.133. The molecule has 2 saturated heterocycles. The van der Waals surface area contributed by atoms with Crippen LogP contribution in [0.2, 0.25) is 0 Å². The second kappa shape index (κ2) is 8.80. The Morgan fingerprint density at radius 1 is 1.06 bits per heavy atom. The highest BCUT2D eigenvalue weighted by molar-refractivity contribution is 6.03. The van der Waals surface area contributed by atoms with Gasteiger partial charge >= 0.3 is 6.03 Å². The van der Waals surface area contributed by atoms with Crippen LogP contribution in [0.1, 0.15) is 19.3 Å². The van der Waals surface area contributed by atoms with Crippen LogP contribution >= 0.6 is 0 Å². The number of hydrogen-bond donors (Lipinski definition) is 0. The summed E-state index contributed by atoms with van der Waals surface area (Å²) in [6, 6.07) is 11.7. The van der Waals surface area contributed by atoms with Gasteiger partial charge < -0.3 is 9.80 Å². The van der Waals surface area contributed by atoms with E-state index in [4.69, 9.17) is 0 Å². The van der Waals surface area contributed by atoms with Crippen LogP contribution in [0.15, 0.2) is 48.7 Å². The Morgan fingerprint density at radius 3 is 2.70 bits per heavy atom. The third kappa shape index (κ3) is 4.03. The first-order valence-corrected chi connectivity index (χ1v) is 11.2. The Labute approximate surface area is 190 Å². The van der Waals surface area contributed by atoms with Crippen LogP contribution < -0.4 is 4.90 Å². The standard InChI is InChI=1S/C24H25F2N5O2/c25-17-5-4-11-29(16-17)23(32)10-12-28-13-14-30(24(28)33)20-8-3-9-21-18(20)15-27-31(21)22-7-2-1-6-19(22)26/h1-3,6-9,15,17H,4-5,10-14,16H2/t17-/m0/s1. The molecule has 1 atom stereocenters. The van der Waals surface area contributed by atoms with Crippen molar-refractivity contribution >= 4 is 28.5 Å². The van der Waals surface area contributed by atoms with Crippen LogP contribution in [0.4, 0.5) is 19.3 Å². The number of halogens is 2. The lowest BCUT2D eigenvalue weighted by Gasteiger charge is -2.29. The summed E-state index contributed by atoms with van der Waals surface area (Å²) in [5, 5.41) is 5.11. The molecule has 0 unspecified atom stereocenters. The summed E-state index contributed by atoms with van der Waals surface area (Å²) in [7, 11) is 0. The molecule has 0 radical (unpaired) electrons. The molecular formula is C24H25F2N5O2. The first-order chi connectivity index (χ1) is 16.0. The highest BCUT2D eigenvalue weighted by Gasteiger charge is 2.32. The fourth-order valence-electron chi connectivity index (χ4n) is 4.64. The number of anilines is 1.